The summed E-state index contributed by atoms with van der Waals surface area (Å²) in [6.07, 6.45) is 1.85. The molecule has 0 saturated carbocycles. The Hall–Kier alpha value is -2.95. The number of nitrogens with zero attached hydrogens (tertiary/aromatic N) is 4. The maximum Gasteiger partial charge on any atom is 0.414 e. The molecular formula is C18H21F2N5O3S. The van der Waals surface area contributed by atoms with Crippen molar-refractivity contribution in [3.8, 4) is 0 Å². The van der Waals surface area contributed by atoms with Crippen molar-refractivity contribution in [1.82, 2.24) is 10.3 Å². The molecule has 8 nitrogen and oxygen atoms in total. The van der Waals surface area contributed by atoms with E-state index in [0.29, 0.717) is 19.6 Å². The van der Waals surface area contributed by atoms with Gasteiger partial charge in [-0.3, -0.25) is 9.91 Å². The minimum absolute atomic E-state index is 0.0767. The molecule has 156 valence electrons. The lowest BCUT2D eigenvalue weighted by molar-refractivity contribution is 0.142. The van der Waals surface area contributed by atoms with Gasteiger partial charge >= 0.3 is 6.09 Å². The number of anilines is 2. The molecule has 1 N–H and O–H groups in total. The topological polar surface area (TPSA) is 69.6 Å². The Morgan fingerprint density at radius 2 is 2.17 bits per heavy atom. The molecule has 2 aliphatic heterocycles. The predicted molar refractivity (Wildman–Crippen MR) is 109 cm³/mol. The molecule has 29 heavy (non-hydrogen) atoms. The van der Waals surface area contributed by atoms with Crippen molar-refractivity contribution in [3.63, 3.8) is 0 Å². The Kier molecular flexibility index (Phi) is 6.47. The first kappa shape index (κ1) is 20.8. The molecule has 11 heteroatoms. The summed E-state index contributed by atoms with van der Waals surface area (Å²) in [7, 11) is 1.42. The summed E-state index contributed by atoms with van der Waals surface area (Å²) >= 11 is 4.87. The number of nitrogens with one attached hydrogen (secondary N) is 1. The van der Waals surface area contributed by atoms with E-state index >= 15 is 0 Å². The highest BCUT2D eigenvalue weighted by atomic mass is 32.1. The number of carbonyl (C=O) groups is 1. The fourth-order valence-electron chi connectivity index (χ4n) is 3.02. The largest absolute Gasteiger partial charge is 0.474 e. The highest BCUT2D eigenvalue weighted by Crippen LogP contribution is 2.31. The third-order valence-electron chi connectivity index (χ3n) is 4.43. The van der Waals surface area contributed by atoms with E-state index in [-0.39, 0.29) is 29.6 Å². The maximum atomic E-state index is 14.7. The zero-order valence-electron chi connectivity index (χ0n) is 15.8. The lowest BCUT2D eigenvalue weighted by atomic mass is 10.2. The first-order chi connectivity index (χ1) is 13.9. The number of cyclic esters (lactones) is 1. The first-order valence-corrected chi connectivity index (χ1v) is 9.29. The lowest BCUT2D eigenvalue weighted by Crippen LogP contribution is -2.38. The molecule has 2 aliphatic rings. The molecular weight excluding hydrogens is 404 g/mol. The number of thiocarbonyl (C=S) groups is 1. The standard InChI is InChI=1S/C18H21F2N5O3S/c1-3-4-24-6-5-23(11-22-24)16-14(19)7-12(8-15(16)20)25-10-13(28-18(25)26)9-21-17(29)27-2/h3,7-8,11,13H,1,4-6,9-10H2,2H3,(H,21,29). The van der Waals surface area contributed by atoms with Gasteiger partial charge in [-0.05, 0) is 12.2 Å². The van der Waals surface area contributed by atoms with Gasteiger partial charge < -0.3 is 19.7 Å². The second-order valence-electron chi connectivity index (χ2n) is 6.37. The Morgan fingerprint density at radius 3 is 2.76 bits per heavy atom. The minimum atomic E-state index is -0.793. The Morgan fingerprint density at radius 1 is 1.45 bits per heavy atom. The summed E-state index contributed by atoms with van der Waals surface area (Å²) in [5, 5.41) is 8.82. The summed E-state index contributed by atoms with van der Waals surface area (Å²) < 4.78 is 39.5. The van der Waals surface area contributed by atoms with Gasteiger partial charge in [0.25, 0.3) is 5.17 Å². The van der Waals surface area contributed by atoms with Gasteiger partial charge in [0.15, 0.2) is 11.6 Å². The fraction of sp³-hybridized carbons (Fsp3) is 0.389. The van der Waals surface area contributed by atoms with Crippen molar-refractivity contribution < 1.29 is 23.0 Å². The normalized spacial score (nSPS) is 18.7. The van der Waals surface area contributed by atoms with Crippen molar-refractivity contribution in [2.75, 3.05) is 49.6 Å². The van der Waals surface area contributed by atoms with E-state index < -0.39 is 23.8 Å². The van der Waals surface area contributed by atoms with Crippen LogP contribution in [0.15, 0.2) is 29.9 Å². The number of carbonyl (C=O) groups excluding carboxylic acids is 1. The van der Waals surface area contributed by atoms with E-state index in [1.807, 2.05) is 0 Å². The Balaban J connectivity index is 1.72. The second-order valence-corrected chi connectivity index (χ2v) is 6.74. The van der Waals surface area contributed by atoms with Gasteiger partial charge in [0.05, 0.1) is 39.0 Å². The fourth-order valence-corrected chi connectivity index (χ4v) is 3.10. The summed E-state index contributed by atoms with van der Waals surface area (Å²) in [5.74, 6) is -1.59. The number of benzene rings is 1. The van der Waals surface area contributed by atoms with Crippen LogP contribution >= 0.6 is 12.2 Å². The van der Waals surface area contributed by atoms with Gasteiger partial charge in [0.1, 0.15) is 18.1 Å². The maximum absolute atomic E-state index is 14.7. The average Bonchev–Trinajstić information content (AvgIpc) is 3.07. The van der Waals surface area contributed by atoms with Crippen LogP contribution in [0, 0.1) is 11.6 Å². The molecule has 0 spiro atoms. The van der Waals surface area contributed by atoms with Crippen LogP contribution in [0.4, 0.5) is 25.0 Å². The van der Waals surface area contributed by atoms with Gasteiger partial charge in [-0.2, -0.15) is 5.10 Å². The van der Waals surface area contributed by atoms with Crippen molar-refractivity contribution >= 4 is 41.2 Å². The molecule has 3 rings (SSSR count). The number of hydrogen-bond acceptors (Lipinski definition) is 7. The summed E-state index contributed by atoms with van der Waals surface area (Å²) in [6, 6.07) is 2.22. The van der Waals surface area contributed by atoms with E-state index in [1.165, 1.54) is 23.2 Å². The van der Waals surface area contributed by atoms with Crippen LogP contribution in [0.1, 0.15) is 0 Å². The summed E-state index contributed by atoms with van der Waals surface area (Å²) in [6.45, 7) is 5.40. The van der Waals surface area contributed by atoms with Crippen LogP contribution < -0.4 is 15.1 Å². The number of methoxy groups -OCH3 is 1. The monoisotopic (exact) mass is 425 g/mol. The first-order valence-electron chi connectivity index (χ1n) is 8.88. The van der Waals surface area contributed by atoms with Crippen LogP contribution in [0.3, 0.4) is 0 Å². The van der Waals surface area contributed by atoms with Gasteiger partial charge in [-0.15, -0.1) is 6.58 Å². The molecule has 1 saturated heterocycles. The van der Waals surface area contributed by atoms with Crippen molar-refractivity contribution in [1.29, 1.82) is 0 Å². The molecule has 1 amide bonds. The summed E-state index contributed by atoms with van der Waals surface area (Å²) in [4.78, 5) is 14.7. The van der Waals surface area contributed by atoms with Crippen LogP contribution in [-0.4, -0.2) is 68.6 Å². The molecule has 0 radical (unpaired) electrons. The number of hydrazone groups is 1. The third kappa shape index (κ3) is 4.73. The number of hydrogen-bond donors (Lipinski definition) is 1. The SMILES string of the molecule is C=CCN1CCN(c2c(F)cc(N3CC(CNC(=S)OC)OC3=O)cc2F)C=N1. The molecule has 1 unspecified atom stereocenters. The van der Waals surface area contributed by atoms with Crippen LogP contribution in [0.2, 0.25) is 0 Å². The third-order valence-corrected chi connectivity index (χ3v) is 4.74. The van der Waals surface area contributed by atoms with E-state index in [4.69, 9.17) is 21.7 Å². The highest BCUT2D eigenvalue weighted by molar-refractivity contribution is 7.80. The van der Waals surface area contributed by atoms with Gasteiger partial charge in [-0.25, -0.2) is 13.6 Å². The van der Waals surface area contributed by atoms with E-state index in [1.54, 1.807) is 11.1 Å². The van der Waals surface area contributed by atoms with Crippen LogP contribution in [-0.2, 0) is 9.47 Å². The van der Waals surface area contributed by atoms with E-state index in [2.05, 4.69) is 17.0 Å². The van der Waals surface area contributed by atoms with Crippen LogP contribution in [0.25, 0.3) is 0 Å². The van der Waals surface area contributed by atoms with Gasteiger partial charge in [-0.1, -0.05) is 6.08 Å². The minimum Gasteiger partial charge on any atom is -0.474 e. The van der Waals surface area contributed by atoms with Gasteiger partial charge in [0.2, 0.25) is 0 Å². The molecule has 1 aromatic rings. The molecule has 0 aromatic heterocycles. The number of rotatable bonds is 6. The summed E-state index contributed by atoms with van der Waals surface area (Å²) in [5.41, 5.74) is -0.139. The average molecular weight is 425 g/mol. The lowest BCUT2D eigenvalue weighted by Gasteiger charge is -2.30. The molecule has 1 atom stereocenters. The zero-order chi connectivity index (χ0) is 21.0. The van der Waals surface area contributed by atoms with Gasteiger partial charge in [0, 0.05) is 18.7 Å². The molecule has 1 fully saturated rings. The number of halogens is 2. The molecule has 2 heterocycles. The zero-order valence-corrected chi connectivity index (χ0v) is 16.6. The molecule has 0 bridgehead atoms. The molecule has 0 aliphatic carbocycles. The Labute approximate surface area is 172 Å². The smallest absolute Gasteiger partial charge is 0.414 e. The molecule has 1 aromatic carbocycles. The van der Waals surface area contributed by atoms with Crippen molar-refractivity contribution in [2.24, 2.45) is 5.10 Å². The van der Waals surface area contributed by atoms with E-state index in [9.17, 15) is 13.6 Å². The Bertz CT molecular complexity index is 815. The quantitative estimate of drug-likeness (QED) is 0.553. The van der Waals surface area contributed by atoms with E-state index in [0.717, 1.165) is 12.1 Å². The highest BCUT2D eigenvalue weighted by Gasteiger charge is 2.34. The van der Waals surface area contributed by atoms with Crippen LogP contribution in [0.5, 0.6) is 0 Å². The number of amides is 1. The predicted octanol–water partition coefficient (Wildman–Crippen LogP) is 2.06. The second kappa shape index (κ2) is 9.03. The number of ether oxygens (including phenoxy) is 2. The van der Waals surface area contributed by atoms with Crippen molar-refractivity contribution in [3.05, 3.63) is 36.4 Å². The van der Waals surface area contributed by atoms with Crippen molar-refractivity contribution in [2.45, 2.75) is 6.10 Å².